The molecule has 0 bridgehead atoms. The fourth-order valence-corrected chi connectivity index (χ4v) is 3.98. The summed E-state index contributed by atoms with van der Waals surface area (Å²) in [6.45, 7) is 4.02. The van der Waals surface area contributed by atoms with E-state index in [1.165, 1.54) is 22.6 Å². The van der Waals surface area contributed by atoms with Crippen LogP contribution in [0.1, 0.15) is 46.2 Å². The van der Waals surface area contributed by atoms with Crippen LogP contribution in [0.25, 0.3) is 0 Å². The monoisotopic (exact) mass is 382 g/mol. The van der Waals surface area contributed by atoms with E-state index < -0.39 is 0 Å². The van der Waals surface area contributed by atoms with Crippen LogP contribution in [0, 0.1) is 6.92 Å². The quantitative estimate of drug-likeness (QED) is 0.733. The Morgan fingerprint density at radius 1 is 1.33 bits per heavy atom. The van der Waals surface area contributed by atoms with Crippen LogP contribution >= 0.6 is 11.3 Å². The van der Waals surface area contributed by atoms with Crippen molar-refractivity contribution in [2.45, 2.75) is 32.4 Å². The lowest BCUT2D eigenvalue weighted by Gasteiger charge is -2.24. The summed E-state index contributed by atoms with van der Waals surface area (Å²) in [5, 5.41) is 9.55. The van der Waals surface area contributed by atoms with Crippen molar-refractivity contribution in [2.75, 3.05) is 11.9 Å². The van der Waals surface area contributed by atoms with Gasteiger partial charge in [0.25, 0.3) is 5.91 Å². The van der Waals surface area contributed by atoms with Crippen LogP contribution in [0.3, 0.4) is 0 Å². The van der Waals surface area contributed by atoms with E-state index in [9.17, 15) is 4.79 Å². The third-order valence-electron chi connectivity index (χ3n) is 5.12. The Bertz CT molecular complexity index is 918. The molecule has 1 saturated heterocycles. The fraction of sp³-hybridized carbons (Fsp3) is 0.368. The summed E-state index contributed by atoms with van der Waals surface area (Å²) in [7, 11) is 1.97. The number of nitrogens with one attached hydrogen (secondary N) is 1. The van der Waals surface area contributed by atoms with Gasteiger partial charge in [0, 0.05) is 42.6 Å². The van der Waals surface area contributed by atoms with Gasteiger partial charge in [0.2, 0.25) is 0 Å². The van der Waals surface area contributed by atoms with Crippen LogP contribution in [0.2, 0.25) is 0 Å². The first-order chi connectivity index (χ1) is 13.1. The van der Waals surface area contributed by atoms with Gasteiger partial charge in [-0.2, -0.15) is 5.10 Å². The zero-order valence-corrected chi connectivity index (χ0v) is 16.2. The average Bonchev–Trinajstić information content (AvgIpc) is 3.41. The van der Waals surface area contributed by atoms with Crippen molar-refractivity contribution in [3.63, 3.8) is 0 Å². The van der Waals surface area contributed by atoms with Crippen LogP contribution in [0.15, 0.2) is 36.1 Å². The molecule has 8 heteroatoms. The molecule has 0 spiro atoms. The van der Waals surface area contributed by atoms with Crippen LogP contribution in [-0.4, -0.2) is 37.1 Å². The number of anilines is 1. The fourth-order valence-electron chi connectivity index (χ4n) is 3.46. The van der Waals surface area contributed by atoms with Crippen molar-refractivity contribution < 1.29 is 4.79 Å². The van der Waals surface area contributed by atoms with Gasteiger partial charge in [-0.1, -0.05) is 0 Å². The molecule has 4 rings (SSSR count). The van der Waals surface area contributed by atoms with Gasteiger partial charge >= 0.3 is 0 Å². The molecule has 0 saturated carbocycles. The summed E-state index contributed by atoms with van der Waals surface area (Å²) < 4.78 is 1.91. The first kappa shape index (κ1) is 17.8. The van der Waals surface area contributed by atoms with Gasteiger partial charge < -0.3 is 0 Å². The van der Waals surface area contributed by atoms with Crippen LogP contribution in [0.5, 0.6) is 0 Å². The molecule has 3 aromatic rings. The van der Waals surface area contributed by atoms with Crippen LogP contribution < -0.4 is 5.32 Å². The zero-order valence-electron chi connectivity index (χ0n) is 15.4. The number of aryl methyl sites for hydroxylation is 1. The molecular formula is C19H22N6OS. The van der Waals surface area contributed by atoms with Gasteiger partial charge in [-0.15, -0.1) is 11.3 Å². The molecule has 1 aliphatic rings. The third-order valence-corrected chi connectivity index (χ3v) is 5.81. The Balaban J connectivity index is 1.46. The number of carbonyl (C=O) groups is 1. The minimum absolute atomic E-state index is 0.182. The van der Waals surface area contributed by atoms with E-state index in [-0.39, 0.29) is 11.9 Å². The van der Waals surface area contributed by atoms with Crippen LogP contribution in [-0.2, 0) is 13.6 Å². The molecule has 27 heavy (non-hydrogen) atoms. The van der Waals surface area contributed by atoms with E-state index in [0.717, 1.165) is 31.6 Å². The molecule has 3 aromatic heterocycles. The van der Waals surface area contributed by atoms with Gasteiger partial charge in [0.15, 0.2) is 5.13 Å². The summed E-state index contributed by atoms with van der Waals surface area (Å²) in [4.78, 5) is 23.4. The van der Waals surface area contributed by atoms with E-state index in [1.807, 2.05) is 35.4 Å². The number of rotatable bonds is 5. The molecule has 7 nitrogen and oxygen atoms in total. The maximum Gasteiger partial charge on any atom is 0.259 e. The standard InChI is InChI=1S/C19H22N6OS/c1-13-15(11-22-24(13)2)12-25-8-3-4-17(25)16-6-5-14(10-21-16)18(26)23-19-20-7-9-27-19/h5-7,9-11,17H,3-4,8,12H2,1-2H3,(H,20,23,26)/t17-/m0/s1. The molecule has 0 aliphatic carbocycles. The van der Waals surface area contributed by atoms with E-state index in [0.29, 0.717) is 10.7 Å². The molecule has 1 atom stereocenters. The summed E-state index contributed by atoms with van der Waals surface area (Å²) in [5.41, 5.74) is 4.01. The Labute approximate surface area is 162 Å². The number of nitrogens with zero attached hydrogens (tertiary/aromatic N) is 5. The number of aromatic nitrogens is 4. The molecular weight excluding hydrogens is 360 g/mol. The predicted octanol–water partition coefficient (Wildman–Crippen LogP) is 3.17. The molecule has 0 radical (unpaired) electrons. The molecule has 1 N–H and O–H groups in total. The second kappa shape index (κ2) is 7.58. The van der Waals surface area contributed by atoms with E-state index in [2.05, 4.69) is 32.2 Å². The normalized spacial score (nSPS) is 17.3. The highest BCUT2D eigenvalue weighted by molar-refractivity contribution is 7.13. The van der Waals surface area contributed by atoms with Crippen molar-refractivity contribution in [3.8, 4) is 0 Å². The Hall–Kier alpha value is -2.58. The van der Waals surface area contributed by atoms with E-state index >= 15 is 0 Å². The van der Waals surface area contributed by atoms with Crippen molar-refractivity contribution >= 4 is 22.4 Å². The number of carbonyl (C=O) groups excluding carboxylic acids is 1. The molecule has 0 aromatic carbocycles. The van der Waals surface area contributed by atoms with Gasteiger partial charge in [0.05, 0.1) is 23.5 Å². The maximum atomic E-state index is 12.3. The van der Waals surface area contributed by atoms with Crippen molar-refractivity contribution in [2.24, 2.45) is 7.05 Å². The average molecular weight is 382 g/mol. The highest BCUT2D eigenvalue weighted by Crippen LogP contribution is 2.32. The lowest BCUT2D eigenvalue weighted by molar-refractivity contribution is 0.102. The summed E-state index contributed by atoms with van der Waals surface area (Å²) >= 11 is 1.40. The van der Waals surface area contributed by atoms with Crippen molar-refractivity contribution in [1.82, 2.24) is 24.6 Å². The molecule has 1 amide bonds. The Kier molecular flexibility index (Phi) is 5.00. The Morgan fingerprint density at radius 3 is 2.89 bits per heavy atom. The lowest BCUT2D eigenvalue weighted by Crippen LogP contribution is -2.24. The third kappa shape index (κ3) is 3.77. The number of pyridine rings is 1. The van der Waals surface area contributed by atoms with Crippen molar-refractivity contribution in [3.05, 3.63) is 58.6 Å². The van der Waals surface area contributed by atoms with E-state index in [4.69, 9.17) is 0 Å². The molecule has 0 unspecified atom stereocenters. The summed E-state index contributed by atoms with van der Waals surface area (Å²) in [6, 6.07) is 4.09. The second-order valence-corrected chi connectivity index (χ2v) is 7.67. The number of hydrogen-bond donors (Lipinski definition) is 1. The number of amides is 1. The van der Waals surface area contributed by atoms with Gasteiger partial charge in [-0.25, -0.2) is 4.98 Å². The minimum atomic E-state index is -0.182. The topological polar surface area (TPSA) is 75.9 Å². The first-order valence-electron chi connectivity index (χ1n) is 9.00. The number of thiazole rings is 1. The zero-order chi connectivity index (χ0) is 18.8. The van der Waals surface area contributed by atoms with Gasteiger partial charge in [-0.05, 0) is 38.4 Å². The number of likely N-dealkylation sites (tertiary alicyclic amines) is 1. The minimum Gasteiger partial charge on any atom is -0.298 e. The Morgan fingerprint density at radius 2 is 2.22 bits per heavy atom. The highest BCUT2D eigenvalue weighted by atomic mass is 32.1. The van der Waals surface area contributed by atoms with Crippen molar-refractivity contribution in [1.29, 1.82) is 0 Å². The molecule has 1 fully saturated rings. The molecule has 1 aliphatic heterocycles. The highest BCUT2D eigenvalue weighted by Gasteiger charge is 2.28. The molecule has 4 heterocycles. The lowest BCUT2D eigenvalue weighted by atomic mass is 10.1. The smallest absolute Gasteiger partial charge is 0.259 e. The van der Waals surface area contributed by atoms with Crippen LogP contribution in [0.4, 0.5) is 5.13 Å². The second-order valence-electron chi connectivity index (χ2n) is 6.77. The summed E-state index contributed by atoms with van der Waals surface area (Å²) in [5.74, 6) is -0.182. The summed E-state index contributed by atoms with van der Waals surface area (Å²) in [6.07, 6.45) is 7.50. The molecule has 140 valence electrons. The maximum absolute atomic E-state index is 12.3. The SMILES string of the molecule is Cc1c(CN2CCC[C@H]2c2ccc(C(=O)Nc3nccs3)cn2)cnn1C. The van der Waals surface area contributed by atoms with Gasteiger partial charge in [0.1, 0.15) is 0 Å². The first-order valence-corrected chi connectivity index (χ1v) is 9.88. The largest absolute Gasteiger partial charge is 0.298 e. The number of hydrogen-bond acceptors (Lipinski definition) is 6. The predicted molar refractivity (Wildman–Crippen MR) is 105 cm³/mol. The van der Waals surface area contributed by atoms with E-state index in [1.54, 1.807) is 12.4 Å². The van der Waals surface area contributed by atoms with Gasteiger partial charge in [-0.3, -0.25) is 24.7 Å².